The third-order valence-electron chi connectivity index (χ3n) is 5.11. The lowest BCUT2D eigenvalue weighted by Crippen LogP contribution is -2.06. The molecule has 0 saturated heterocycles. The van der Waals surface area contributed by atoms with Gasteiger partial charge < -0.3 is 4.98 Å². The van der Waals surface area contributed by atoms with Crippen LogP contribution in [0.15, 0.2) is 48.5 Å². The molecule has 0 aliphatic heterocycles. The van der Waals surface area contributed by atoms with Gasteiger partial charge in [0.05, 0.1) is 0 Å². The molecule has 0 radical (unpaired) electrons. The molecular formula is C21H21NO. The number of carbonyl (C=O) groups excluding carboxylic acids is 1. The van der Waals surface area contributed by atoms with Crippen LogP contribution >= 0.6 is 0 Å². The summed E-state index contributed by atoms with van der Waals surface area (Å²) in [5.41, 5.74) is 5.44. The summed E-state index contributed by atoms with van der Waals surface area (Å²) in [7, 11) is 0. The van der Waals surface area contributed by atoms with E-state index in [1.165, 1.54) is 37.7 Å². The third kappa shape index (κ3) is 2.59. The molecule has 2 heteroatoms. The van der Waals surface area contributed by atoms with Gasteiger partial charge in [0.1, 0.15) is 0 Å². The molecule has 1 aromatic heterocycles. The largest absolute Gasteiger partial charge is 0.358 e. The Bertz CT molecular complexity index is 826. The molecule has 0 bridgehead atoms. The Hall–Kier alpha value is -2.35. The van der Waals surface area contributed by atoms with Crippen LogP contribution in [0.5, 0.6) is 0 Å². The van der Waals surface area contributed by atoms with Gasteiger partial charge in [-0.25, -0.2) is 0 Å². The molecule has 116 valence electrons. The molecule has 0 atom stereocenters. The van der Waals surface area contributed by atoms with Gasteiger partial charge in [-0.3, -0.25) is 4.79 Å². The second-order valence-electron chi connectivity index (χ2n) is 6.53. The quantitative estimate of drug-likeness (QED) is 0.619. The SMILES string of the molecule is O=Cc1c(C2CCCCC2)[nH]c2ccc(-c3ccccc3)cc12. The molecule has 3 aromatic rings. The standard InChI is InChI=1S/C21H21NO/c23-14-19-18-13-17(15-7-3-1-4-8-15)11-12-20(18)22-21(19)16-9-5-2-6-10-16/h1,3-4,7-8,11-14,16,22H,2,5-6,9-10H2. The number of hydrogen-bond acceptors (Lipinski definition) is 1. The van der Waals surface area contributed by atoms with E-state index in [1.54, 1.807) is 0 Å². The van der Waals surface area contributed by atoms with Crippen molar-refractivity contribution in [2.24, 2.45) is 0 Å². The Labute approximate surface area is 136 Å². The molecule has 2 aromatic carbocycles. The lowest BCUT2D eigenvalue weighted by molar-refractivity contribution is 0.112. The highest BCUT2D eigenvalue weighted by Crippen LogP contribution is 2.37. The van der Waals surface area contributed by atoms with Crippen molar-refractivity contribution in [3.05, 3.63) is 59.8 Å². The first-order valence-electron chi connectivity index (χ1n) is 8.53. The molecule has 1 heterocycles. The van der Waals surface area contributed by atoms with Crippen LogP contribution in [0.1, 0.15) is 54.1 Å². The normalized spacial score (nSPS) is 15.8. The topological polar surface area (TPSA) is 32.9 Å². The summed E-state index contributed by atoms with van der Waals surface area (Å²) >= 11 is 0. The van der Waals surface area contributed by atoms with Crippen LogP contribution in [0.3, 0.4) is 0 Å². The molecule has 1 fully saturated rings. The molecule has 1 aliphatic rings. The molecule has 1 N–H and O–H groups in total. The number of hydrogen-bond donors (Lipinski definition) is 1. The summed E-state index contributed by atoms with van der Waals surface area (Å²) < 4.78 is 0. The first-order valence-corrected chi connectivity index (χ1v) is 8.53. The maximum absolute atomic E-state index is 11.8. The molecular weight excluding hydrogens is 282 g/mol. The van der Waals surface area contributed by atoms with Crippen LogP contribution in [-0.2, 0) is 0 Å². The van der Waals surface area contributed by atoms with Crippen LogP contribution in [0, 0.1) is 0 Å². The summed E-state index contributed by atoms with van der Waals surface area (Å²) in [5, 5.41) is 1.06. The minimum Gasteiger partial charge on any atom is -0.358 e. The van der Waals surface area contributed by atoms with Crippen LogP contribution in [0.2, 0.25) is 0 Å². The zero-order valence-corrected chi connectivity index (χ0v) is 13.2. The van der Waals surface area contributed by atoms with Crippen molar-refractivity contribution in [3.63, 3.8) is 0 Å². The molecule has 1 aliphatic carbocycles. The number of carbonyl (C=O) groups is 1. The summed E-state index contributed by atoms with van der Waals surface area (Å²) in [6.07, 6.45) is 7.29. The second kappa shape index (κ2) is 6.04. The number of aromatic amines is 1. The average Bonchev–Trinajstić information content (AvgIpc) is 3.01. The van der Waals surface area contributed by atoms with Gasteiger partial charge in [-0.15, -0.1) is 0 Å². The van der Waals surface area contributed by atoms with Gasteiger partial charge in [0.15, 0.2) is 6.29 Å². The fraction of sp³-hybridized carbons (Fsp3) is 0.286. The number of aldehydes is 1. The van der Waals surface area contributed by atoms with Gasteiger partial charge in [0.25, 0.3) is 0 Å². The van der Waals surface area contributed by atoms with Crippen LogP contribution in [-0.4, -0.2) is 11.3 Å². The minimum atomic E-state index is 0.511. The molecule has 4 rings (SSSR count). The highest BCUT2D eigenvalue weighted by Gasteiger charge is 2.22. The monoisotopic (exact) mass is 303 g/mol. The Kier molecular flexibility index (Phi) is 3.74. The van der Waals surface area contributed by atoms with Gasteiger partial charge >= 0.3 is 0 Å². The van der Waals surface area contributed by atoms with Crippen molar-refractivity contribution >= 4 is 17.2 Å². The van der Waals surface area contributed by atoms with Crippen molar-refractivity contribution in [1.29, 1.82) is 0 Å². The number of benzene rings is 2. The zero-order chi connectivity index (χ0) is 15.6. The van der Waals surface area contributed by atoms with Gasteiger partial charge in [-0.05, 0) is 42.0 Å². The van der Waals surface area contributed by atoms with Crippen molar-refractivity contribution in [3.8, 4) is 11.1 Å². The summed E-state index contributed by atoms with van der Waals surface area (Å²) in [4.78, 5) is 15.3. The summed E-state index contributed by atoms with van der Waals surface area (Å²) in [6, 6.07) is 16.7. The van der Waals surface area contributed by atoms with Crippen molar-refractivity contribution in [2.75, 3.05) is 0 Å². The van der Waals surface area contributed by atoms with Gasteiger partial charge in [0, 0.05) is 22.2 Å². The minimum absolute atomic E-state index is 0.511. The van der Waals surface area contributed by atoms with E-state index in [0.29, 0.717) is 5.92 Å². The molecule has 2 nitrogen and oxygen atoms in total. The van der Waals surface area contributed by atoms with Crippen LogP contribution in [0.25, 0.3) is 22.0 Å². The third-order valence-corrected chi connectivity index (χ3v) is 5.11. The number of fused-ring (bicyclic) bond motifs is 1. The van der Waals surface area contributed by atoms with Gasteiger partial charge in [0.2, 0.25) is 0 Å². The second-order valence-corrected chi connectivity index (χ2v) is 6.53. The van der Waals surface area contributed by atoms with E-state index in [9.17, 15) is 4.79 Å². The average molecular weight is 303 g/mol. The number of H-pyrrole nitrogens is 1. The first kappa shape index (κ1) is 14.3. The van der Waals surface area contributed by atoms with E-state index in [1.807, 2.05) is 18.2 Å². The molecule has 1 saturated carbocycles. The van der Waals surface area contributed by atoms with Crippen molar-refractivity contribution in [1.82, 2.24) is 4.98 Å². The van der Waals surface area contributed by atoms with E-state index >= 15 is 0 Å². The maximum Gasteiger partial charge on any atom is 0.152 e. The van der Waals surface area contributed by atoms with Crippen molar-refractivity contribution < 1.29 is 4.79 Å². The number of nitrogens with one attached hydrogen (secondary N) is 1. The fourth-order valence-electron chi connectivity index (χ4n) is 3.88. The van der Waals surface area contributed by atoms with E-state index in [2.05, 4.69) is 35.3 Å². The number of rotatable bonds is 3. The highest BCUT2D eigenvalue weighted by molar-refractivity contribution is 6.00. The van der Waals surface area contributed by atoms with Crippen LogP contribution in [0.4, 0.5) is 0 Å². The Balaban J connectivity index is 1.83. The lowest BCUT2D eigenvalue weighted by Gasteiger charge is -2.21. The van der Waals surface area contributed by atoms with E-state index < -0.39 is 0 Å². The zero-order valence-electron chi connectivity index (χ0n) is 13.2. The van der Waals surface area contributed by atoms with E-state index in [-0.39, 0.29) is 0 Å². The molecule has 0 spiro atoms. The summed E-state index contributed by atoms with van der Waals surface area (Å²) in [5.74, 6) is 0.511. The first-order chi connectivity index (χ1) is 11.4. The Morgan fingerprint density at radius 3 is 2.43 bits per heavy atom. The van der Waals surface area contributed by atoms with E-state index in [0.717, 1.165) is 34.0 Å². The van der Waals surface area contributed by atoms with Gasteiger partial charge in [-0.1, -0.05) is 55.7 Å². The molecule has 0 unspecified atom stereocenters. The smallest absolute Gasteiger partial charge is 0.152 e. The van der Waals surface area contributed by atoms with Gasteiger partial charge in [-0.2, -0.15) is 0 Å². The summed E-state index contributed by atoms with van der Waals surface area (Å²) in [6.45, 7) is 0. The maximum atomic E-state index is 11.8. The lowest BCUT2D eigenvalue weighted by atomic mass is 9.85. The van der Waals surface area contributed by atoms with E-state index in [4.69, 9.17) is 0 Å². The highest BCUT2D eigenvalue weighted by atomic mass is 16.1. The van der Waals surface area contributed by atoms with Crippen molar-refractivity contribution in [2.45, 2.75) is 38.0 Å². The predicted molar refractivity (Wildman–Crippen MR) is 94.9 cm³/mol. The van der Waals surface area contributed by atoms with Crippen LogP contribution < -0.4 is 0 Å². The Morgan fingerprint density at radius 2 is 1.70 bits per heavy atom. The molecule has 0 amide bonds. The fourth-order valence-corrected chi connectivity index (χ4v) is 3.88. The predicted octanol–water partition coefficient (Wildman–Crippen LogP) is 5.70. The number of aromatic nitrogens is 1. The molecule has 23 heavy (non-hydrogen) atoms. The Morgan fingerprint density at radius 1 is 0.913 bits per heavy atom.